The van der Waals surface area contributed by atoms with Crippen molar-refractivity contribution in [3.8, 4) is 0 Å². The predicted octanol–water partition coefficient (Wildman–Crippen LogP) is 2.92. The smallest absolute Gasteiger partial charge is 0.354 e. The lowest BCUT2D eigenvalue weighted by atomic mass is 10.1. The van der Waals surface area contributed by atoms with Crippen molar-refractivity contribution in [3.05, 3.63) is 77.4 Å². The zero-order valence-corrected chi connectivity index (χ0v) is 13.5. The van der Waals surface area contributed by atoms with E-state index in [-0.39, 0.29) is 24.0 Å². The fourth-order valence-corrected chi connectivity index (χ4v) is 2.38. The Labute approximate surface area is 147 Å². The fraction of sp³-hybridized carbons (Fsp3) is 0.0556. The van der Waals surface area contributed by atoms with Crippen molar-refractivity contribution in [3.63, 3.8) is 0 Å². The Morgan fingerprint density at radius 1 is 1.12 bits per heavy atom. The van der Waals surface area contributed by atoms with E-state index in [2.05, 4.69) is 20.8 Å². The van der Waals surface area contributed by atoms with Gasteiger partial charge in [-0.1, -0.05) is 12.1 Å². The number of amides is 1. The maximum atomic E-state index is 13.0. The maximum Gasteiger partial charge on any atom is 0.354 e. The van der Waals surface area contributed by atoms with E-state index in [1.807, 2.05) is 0 Å². The third-order valence-corrected chi connectivity index (χ3v) is 3.67. The first kappa shape index (κ1) is 17.2. The molecule has 0 saturated carbocycles. The largest absolute Gasteiger partial charge is 0.477 e. The number of halogens is 1. The number of hydrogen-bond donors (Lipinski definition) is 4. The third kappa shape index (κ3) is 3.86. The Morgan fingerprint density at radius 2 is 1.85 bits per heavy atom. The van der Waals surface area contributed by atoms with Gasteiger partial charge in [-0.2, -0.15) is 5.10 Å². The van der Waals surface area contributed by atoms with Crippen molar-refractivity contribution < 1.29 is 19.1 Å². The molecule has 0 aliphatic rings. The minimum absolute atomic E-state index is 0.0157. The quantitative estimate of drug-likeness (QED) is 0.544. The molecule has 8 heteroatoms. The molecule has 0 radical (unpaired) electrons. The van der Waals surface area contributed by atoms with Crippen LogP contribution in [0.15, 0.2) is 54.7 Å². The number of carboxylic acid groups (broad SMARTS) is 1. The highest BCUT2D eigenvalue weighted by Crippen LogP contribution is 2.21. The van der Waals surface area contributed by atoms with Crippen LogP contribution in [0.25, 0.3) is 0 Å². The Kier molecular flexibility index (Phi) is 4.93. The zero-order chi connectivity index (χ0) is 18.5. The number of aromatic nitrogens is 2. The van der Waals surface area contributed by atoms with Crippen LogP contribution in [0.2, 0.25) is 0 Å². The summed E-state index contributed by atoms with van der Waals surface area (Å²) in [6.07, 6.45) is 1.35. The van der Waals surface area contributed by atoms with Crippen LogP contribution in [-0.4, -0.2) is 27.2 Å². The SMILES string of the molecule is O=C(NCc1cn[nH]c1C(=O)O)c1ccccc1Nc1ccc(F)cc1. The fourth-order valence-electron chi connectivity index (χ4n) is 2.38. The standard InChI is InChI=1S/C18H15FN4O3/c19-12-5-7-13(8-6-12)22-15-4-2-1-3-14(15)17(24)20-9-11-10-21-23-16(11)18(25)26/h1-8,10,22H,9H2,(H,20,24)(H,21,23)(H,25,26). The second-order valence-corrected chi connectivity index (χ2v) is 5.44. The molecule has 0 aliphatic heterocycles. The summed E-state index contributed by atoms with van der Waals surface area (Å²) in [6.45, 7) is 0.0157. The van der Waals surface area contributed by atoms with Gasteiger partial charge in [0.1, 0.15) is 11.5 Å². The number of nitrogens with zero attached hydrogens (tertiary/aromatic N) is 1. The van der Waals surface area contributed by atoms with Gasteiger partial charge in [0.15, 0.2) is 0 Å². The lowest BCUT2D eigenvalue weighted by Crippen LogP contribution is -2.24. The monoisotopic (exact) mass is 354 g/mol. The number of H-pyrrole nitrogens is 1. The molecule has 1 aromatic heterocycles. The Bertz CT molecular complexity index is 938. The van der Waals surface area contributed by atoms with Gasteiger partial charge >= 0.3 is 5.97 Å². The molecule has 0 unspecified atom stereocenters. The first-order valence-electron chi connectivity index (χ1n) is 7.70. The number of hydrogen-bond acceptors (Lipinski definition) is 4. The van der Waals surface area contributed by atoms with Crippen molar-refractivity contribution in [2.45, 2.75) is 6.54 Å². The summed E-state index contributed by atoms with van der Waals surface area (Å²) in [5.41, 5.74) is 1.85. The average molecular weight is 354 g/mol. The molecule has 0 fully saturated rings. The molecule has 0 aliphatic carbocycles. The number of benzene rings is 2. The summed E-state index contributed by atoms with van der Waals surface area (Å²) in [5.74, 6) is -1.88. The highest BCUT2D eigenvalue weighted by atomic mass is 19.1. The van der Waals surface area contributed by atoms with E-state index in [1.54, 1.807) is 36.4 Å². The first-order valence-corrected chi connectivity index (χ1v) is 7.70. The Balaban J connectivity index is 1.74. The molecule has 7 nitrogen and oxygen atoms in total. The average Bonchev–Trinajstić information content (AvgIpc) is 3.11. The van der Waals surface area contributed by atoms with Crippen molar-refractivity contribution in [1.82, 2.24) is 15.5 Å². The first-order chi connectivity index (χ1) is 12.5. The van der Waals surface area contributed by atoms with Gasteiger partial charge < -0.3 is 15.7 Å². The molecule has 132 valence electrons. The van der Waals surface area contributed by atoms with E-state index in [0.717, 1.165) is 0 Å². The Hall–Kier alpha value is -3.68. The maximum absolute atomic E-state index is 13.0. The van der Waals surface area contributed by atoms with E-state index in [1.165, 1.54) is 18.3 Å². The lowest BCUT2D eigenvalue weighted by Gasteiger charge is -2.12. The van der Waals surface area contributed by atoms with Gasteiger partial charge in [-0.15, -0.1) is 0 Å². The summed E-state index contributed by atoms with van der Waals surface area (Å²) in [6, 6.07) is 12.6. The van der Waals surface area contributed by atoms with Gasteiger partial charge in [-0.25, -0.2) is 9.18 Å². The molecule has 1 amide bonds. The molecule has 2 aromatic carbocycles. The molecule has 0 saturated heterocycles. The van der Waals surface area contributed by atoms with Crippen LogP contribution in [0.1, 0.15) is 26.4 Å². The molecule has 0 atom stereocenters. The summed E-state index contributed by atoms with van der Waals surface area (Å²) < 4.78 is 13.0. The highest BCUT2D eigenvalue weighted by molar-refractivity contribution is 6.00. The highest BCUT2D eigenvalue weighted by Gasteiger charge is 2.15. The molecule has 4 N–H and O–H groups in total. The van der Waals surface area contributed by atoms with E-state index >= 15 is 0 Å². The van der Waals surface area contributed by atoms with Crippen LogP contribution in [0.3, 0.4) is 0 Å². The lowest BCUT2D eigenvalue weighted by molar-refractivity contribution is 0.0688. The van der Waals surface area contributed by atoms with E-state index in [0.29, 0.717) is 22.5 Å². The van der Waals surface area contributed by atoms with Crippen molar-refractivity contribution in [2.24, 2.45) is 0 Å². The minimum Gasteiger partial charge on any atom is -0.477 e. The molecule has 1 heterocycles. The molecule has 0 spiro atoms. The number of carbonyl (C=O) groups is 2. The summed E-state index contributed by atoms with van der Waals surface area (Å²) in [7, 11) is 0. The van der Waals surface area contributed by atoms with Crippen LogP contribution in [0.4, 0.5) is 15.8 Å². The summed E-state index contributed by atoms with van der Waals surface area (Å²) >= 11 is 0. The number of carbonyl (C=O) groups excluding carboxylic acids is 1. The molecular formula is C18H15FN4O3. The number of aromatic carboxylic acids is 1. The second kappa shape index (κ2) is 7.47. The van der Waals surface area contributed by atoms with Crippen molar-refractivity contribution >= 4 is 23.3 Å². The van der Waals surface area contributed by atoms with E-state index in [4.69, 9.17) is 5.11 Å². The zero-order valence-electron chi connectivity index (χ0n) is 13.5. The van der Waals surface area contributed by atoms with Gasteiger partial charge in [-0.3, -0.25) is 9.89 Å². The molecule has 3 rings (SSSR count). The molecule has 3 aromatic rings. The molecule has 0 bridgehead atoms. The van der Waals surface area contributed by atoms with Gasteiger partial charge in [-0.05, 0) is 36.4 Å². The number of rotatable bonds is 6. The minimum atomic E-state index is -1.15. The van der Waals surface area contributed by atoms with E-state index in [9.17, 15) is 14.0 Å². The van der Waals surface area contributed by atoms with Gasteiger partial charge in [0, 0.05) is 17.8 Å². The van der Waals surface area contributed by atoms with Crippen LogP contribution < -0.4 is 10.6 Å². The number of para-hydroxylation sites is 1. The van der Waals surface area contributed by atoms with Gasteiger partial charge in [0.2, 0.25) is 0 Å². The van der Waals surface area contributed by atoms with Crippen LogP contribution in [-0.2, 0) is 6.54 Å². The molecular weight excluding hydrogens is 339 g/mol. The predicted molar refractivity (Wildman–Crippen MR) is 92.8 cm³/mol. The number of nitrogens with one attached hydrogen (secondary N) is 3. The van der Waals surface area contributed by atoms with Crippen molar-refractivity contribution in [2.75, 3.05) is 5.32 Å². The normalized spacial score (nSPS) is 10.3. The van der Waals surface area contributed by atoms with Gasteiger partial charge in [0.25, 0.3) is 5.91 Å². The summed E-state index contributed by atoms with van der Waals surface area (Å²) in [5, 5.41) is 20.8. The summed E-state index contributed by atoms with van der Waals surface area (Å²) in [4.78, 5) is 23.6. The van der Waals surface area contributed by atoms with Crippen LogP contribution in [0.5, 0.6) is 0 Å². The van der Waals surface area contributed by atoms with Gasteiger partial charge in [0.05, 0.1) is 17.4 Å². The topological polar surface area (TPSA) is 107 Å². The number of carboxylic acids is 1. The number of anilines is 2. The third-order valence-electron chi connectivity index (χ3n) is 3.67. The van der Waals surface area contributed by atoms with E-state index < -0.39 is 5.97 Å². The van der Waals surface area contributed by atoms with Crippen LogP contribution in [0, 0.1) is 5.82 Å². The Morgan fingerprint density at radius 3 is 2.58 bits per heavy atom. The van der Waals surface area contributed by atoms with Crippen LogP contribution >= 0.6 is 0 Å². The molecule has 26 heavy (non-hydrogen) atoms. The second-order valence-electron chi connectivity index (χ2n) is 5.44. The number of aromatic amines is 1. The van der Waals surface area contributed by atoms with Crippen molar-refractivity contribution in [1.29, 1.82) is 0 Å².